The number of rotatable bonds is 6. The van der Waals surface area contributed by atoms with Crippen LogP contribution in [-0.2, 0) is 0 Å². The number of halogens is 4. The van der Waals surface area contributed by atoms with E-state index in [1.54, 1.807) is 0 Å². The summed E-state index contributed by atoms with van der Waals surface area (Å²) in [5.41, 5.74) is -1.30. The number of amides is 1. The van der Waals surface area contributed by atoms with E-state index in [1.165, 1.54) is 13.0 Å². The fourth-order valence-electron chi connectivity index (χ4n) is 4.21. The second-order valence-electron chi connectivity index (χ2n) is 8.84. The van der Waals surface area contributed by atoms with Crippen LogP contribution in [0, 0.1) is 0 Å². The van der Waals surface area contributed by atoms with Crippen LogP contribution in [-0.4, -0.2) is 55.9 Å². The summed E-state index contributed by atoms with van der Waals surface area (Å²) in [4.78, 5) is 33.4. The molecule has 4 rings (SSSR count). The van der Waals surface area contributed by atoms with E-state index >= 15 is 0 Å². The molecule has 2 aromatic heterocycles. The number of carboxylic acids is 1. The van der Waals surface area contributed by atoms with E-state index in [0.29, 0.717) is 11.3 Å². The Morgan fingerprint density at radius 1 is 1.33 bits per heavy atom. The number of aromatic carboxylic acids is 1. The standard InChI is InChI=1S/C21H22F4N4O3S/c1-10-7-21(24,25)9-29(10)18(30)14-15(33-17(27-14)19(31)32)12-8-26-13(6-11(12)16(22)23)28-20(2)4-3-5-20/h6,8,10,16H,3-5,7,9H2,1-2H3,(H,26,28)(H,31,32). The third-order valence-electron chi connectivity index (χ3n) is 6.10. The second-order valence-corrected chi connectivity index (χ2v) is 9.84. The SMILES string of the molecule is CC1CC(F)(F)CN1C(=O)c1nc(C(=O)O)sc1-c1cnc(NC2(C)CCC2)cc1C(F)F. The minimum Gasteiger partial charge on any atom is -0.476 e. The molecule has 0 aromatic carbocycles. The van der Waals surface area contributed by atoms with Crippen molar-refractivity contribution in [1.29, 1.82) is 0 Å². The Morgan fingerprint density at radius 2 is 2.03 bits per heavy atom. The number of thiazole rings is 1. The summed E-state index contributed by atoms with van der Waals surface area (Å²) >= 11 is 0.536. The molecule has 2 fully saturated rings. The maximum absolute atomic E-state index is 14.0. The van der Waals surface area contributed by atoms with Crippen molar-refractivity contribution in [3.05, 3.63) is 28.5 Å². The molecule has 1 atom stereocenters. The van der Waals surface area contributed by atoms with Gasteiger partial charge in [0.1, 0.15) is 11.5 Å². The molecule has 2 aliphatic rings. The number of anilines is 1. The number of carbonyl (C=O) groups is 2. The van der Waals surface area contributed by atoms with Gasteiger partial charge in [-0.25, -0.2) is 32.3 Å². The van der Waals surface area contributed by atoms with Gasteiger partial charge in [-0.1, -0.05) is 0 Å². The van der Waals surface area contributed by atoms with Crippen LogP contribution in [0.3, 0.4) is 0 Å². The van der Waals surface area contributed by atoms with E-state index in [2.05, 4.69) is 15.3 Å². The highest BCUT2D eigenvalue weighted by Crippen LogP contribution is 2.41. The average Bonchev–Trinajstić information content (AvgIpc) is 3.26. The first-order valence-electron chi connectivity index (χ1n) is 10.4. The molecule has 2 N–H and O–H groups in total. The summed E-state index contributed by atoms with van der Waals surface area (Å²) in [6, 6.07) is 0.350. The Morgan fingerprint density at radius 3 is 2.55 bits per heavy atom. The third-order valence-corrected chi connectivity index (χ3v) is 7.18. The Labute approximate surface area is 190 Å². The van der Waals surface area contributed by atoms with Crippen LogP contribution in [0.4, 0.5) is 23.4 Å². The minimum atomic E-state index is -3.10. The van der Waals surface area contributed by atoms with Gasteiger partial charge in [0, 0.05) is 35.3 Å². The van der Waals surface area contributed by atoms with Crippen molar-refractivity contribution in [1.82, 2.24) is 14.9 Å². The highest BCUT2D eigenvalue weighted by atomic mass is 32.1. The van der Waals surface area contributed by atoms with Crippen LogP contribution in [0.25, 0.3) is 10.4 Å². The number of alkyl halides is 4. The number of carbonyl (C=O) groups excluding carboxylic acids is 1. The van der Waals surface area contributed by atoms with Gasteiger partial charge in [-0.15, -0.1) is 11.3 Å². The number of hydrogen-bond donors (Lipinski definition) is 2. The quantitative estimate of drug-likeness (QED) is 0.554. The minimum absolute atomic E-state index is 0.135. The van der Waals surface area contributed by atoms with E-state index in [0.717, 1.165) is 30.4 Å². The summed E-state index contributed by atoms with van der Waals surface area (Å²) in [5.74, 6) is -5.24. The van der Waals surface area contributed by atoms with Crippen LogP contribution in [0.1, 0.15) is 71.8 Å². The van der Waals surface area contributed by atoms with Gasteiger partial charge in [-0.05, 0) is 39.2 Å². The van der Waals surface area contributed by atoms with E-state index in [-0.39, 0.29) is 21.8 Å². The molecule has 7 nitrogen and oxygen atoms in total. The van der Waals surface area contributed by atoms with Crippen LogP contribution < -0.4 is 5.32 Å². The lowest BCUT2D eigenvalue weighted by Crippen LogP contribution is -2.41. The van der Waals surface area contributed by atoms with Crippen molar-refractivity contribution < 1.29 is 32.3 Å². The number of nitrogens with zero attached hydrogens (tertiary/aromatic N) is 3. The molecule has 0 spiro atoms. The zero-order valence-corrected chi connectivity index (χ0v) is 18.7. The summed E-state index contributed by atoms with van der Waals surface area (Å²) in [7, 11) is 0. The first-order chi connectivity index (χ1) is 15.4. The molecule has 1 saturated heterocycles. The highest BCUT2D eigenvalue weighted by molar-refractivity contribution is 7.17. The fraction of sp³-hybridized carbons (Fsp3) is 0.524. The average molecular weight is 486 g/mol. The molecular formula is C21H22F4N4O3S. The predicted molar refractivity (Wildman–Crippen MR) is 113 cm³/mol. The predicted octanol–water partition coefficient (Wildman–Crippen LogP) is 5.07. The zero-order valence-electron chi connectivity index (χ0n) is 17.9. The van der Waals surface area contributed by atoms with Gasteiger partial charge in [-0.2, -0.15) is 0 Å². The van der Waals surface area contributed by atoms with Gasteiger partial charge in [0.05, 0.1) is 11.4 Å². The zero-order chi connectivity index (χ0) is 24.1. The molecule has 1 aliphatic heterocycles. The van der Waals surface area contributed by atoms with Gasteiger partial charge in [-0.3, -0.25) is 4.79 Å². The molecule has 178 valence electrons. The highest BCUT2D eigenvalue weighted by Gasteiger charge is 2.46. The van der Waals surface area contributed by atoms with Crippen molar-refractivity contribution in [2.75, 3.05) is 11.9 Å². The van der Waals surface area contributed by atoms with Crippen LogP contribution in [0.2, 0.25) is 0 Å². The Bertz CT molecular complexity index is 1100. The molecule has 3 heterocycles. The van der Waals surface area contributed by atoms with Gasteiger partial charge in [0.25, 0.3) is 18.3 Å². The summed E-state index contributed by atoms with van der Waals surface area (Å²) < 4.78 is 55.7. The lowest BCUT2D eigenvalue weighted by atomic mass is 9.78. The van der Waals surface area contributed by atoms with E-state index in [9.17, 15) is 32.3 Å². The van der Waals surface area contributed by atoms with Crippen LogP contribution in [0.5, 0.6) is 0 Å². The maximum Gasteiger partial charge on any atom is 0.365 e. The lowest BCUT2D eigenvalue weighted by Gasteiger charge is -2.39. The summed E-state index contributed by atoms with van der Waals surface area (Å²) in [6.07, 6.45) is 0.396. The molecule has 1 unspecified atom stereocenters. The Kier molecular flexibility index (Phi) is 5.83. The van der Waals surface area contributed by atoms with E-state index in [1.807, 2.05) is 6.92 Å². The molecule has 12 heteroatoms. The smallest absolute Gasteiger partial charge is 0.365 e. The van der Waals surface area contributed by atoms with Crippen LogP contribution >= 0.6 is 11.3 Å². The van der Waals surface area contributed by atoms with Gasteiger partial charge in [0.15, 0.2) is 0 Å². The molecule has 1 amide bonds. The summed E-state index contributed by atoms with van der Waals surface area (Å²) in [5, 5.41) is 12.0. The molecular weight excluding hydrogens is 464 g/mol. The van der Waals surface area contributed by atoms with Crippen molar-refractivity contribution in [2.24, 2.45) is 0 Å². The third kappa shape index (κ3) is 4.53. The fourth-order valence-corrected chi connectivity index (χ4v) is 5.14. The van der Waals surface area contributed by atoms with Crippen molar-refractivity contribution >= 4 is 29.0 Å². The first kappa shape index (κ1) is 23.4. The first-order valence-corrected chi connectivity index (χ1v) is 11.2. The van der Waals surface area contributed by atoms with E-state index in [4.69, 9.17) is 0 Å². The number of hydrogen-bond acceptors (Lipinski definition) is 6. The monoisotopic (exact) mass is 486 g/mol. The largest absolute Gasteiger partial charge is 0.476 e. The van der Waals surface area contributed by atoms with Gasteiger partial charge >= 0.3 is 5.97 Å². The lowest BCUT2D eigenvalue weighted by molar-refractivity contribution is 0.0117. The van der Waals surface area contributed by atoms with Gasteiger partial charge < -0.3 is 15.3 Å². The van der Waals surface area contributed by atoms with Crippen molar-refractivity contribution in [3.8, 4) is 10.4 Å². The number of likely N-dealkylation sites (tertiary alicyclic amines) is 1. The molecule has 0 radical (unpaired) electrons. The Hall–Kier alpha value is -2.76. The topological polar surface area (TPSA) is 95.4 Å². The molecule has 0 bridgehead atoms. The molecule has 2 aromatic rings. The normalized spacial score (nSPS) is 21.2. The number of aromatic nitrogens is 2. The molecule has 1 saturated carbocycles. The molecule has 33 heavy (non-hydrogen) atoms. The van der Waals surface area contributed by atoms with Crippen molar-refractivity contribution in [2.45, 2.75) is 63.5 Å². The molecule has 1 aliphatic carbocycles. The maximum atomic E-state index is 14.0. The van der Waals surface area contributed by atoms with Crippen LogP contribution in [0.15, 0.2) is 12.3 Å². The summed E-state index contributed by atoms with van der Waals surface area (Å²) in [6.45, 7) is 2.55. The number of pyridine rings is 1. The number of carboxylic acid groups (broad SMARTS) is 1. The van der Waals surface area contributed by atoms with Crippen molar-refractivity contribution in [3.63, 3.8) is 0 Å². The van der Waals surface area contributed by atoms with Gasteiger partial charge in [0.2, 0.25) is 5.01 Å². The van der Waals surface area contributed by atoms with E-state index < -0.39 is 59.5 Å². The number of nitrogens with one attached hydrogen (secondary N) is 1. The second kappa shape index (κ2) is 8.23. The Balaban J connectivity index is 1.76.